The second kappa shape index (κ2) is 19.2. The molecule has 0 fully saturated rings. The molecule has 66 heavy (non-hydrogen) atoms. The summed E-state index contributed by atoms with van der Waals surface area (Å²) in [5.74, 6) is -1.50. The summed E-state index contributed by atoms with van der Waals surface area (Å²) in [7, 11) is -6.93. The lowest BCUT2D eigenvalue weighted by atomic mass is 10.1. The van der Waals surface area contributed by atoms with E-state index < -0.39 is 47.3 Å². The molecule has 6 aromatic carbocycles. The maximum Gasteiger partial charge on any atom is 0.295 e. The highest BCUT2D eigenvalue weighted by Crippen LogP contribution is 2.43. The Hall–Kier alpha value is -8.32. The van der Waals surface area contributed by atoms with Gasteiger partial charge in [-0.1, -0.05) is 18.2 Å². The molecular formula is C42H38N8O14S2+2. The number of hydrogen-bond donors (Lipinski definition) is 8. The van der Waals surface area contributed by atoms with Crippen LogP contribution < -0.4 is 9.47 Å². The van der Waals surface area contributed by atoms with Crippen molar-refractivity contribution in [3.63, 3.8) is 0 Å². The molecule has 0 radical (unpaired) electrons. The van der Waals surface area contributed by atoms with Crippen molar-refractivity contribution in [3.8, 4) is 34.5 Å². The Morgan fingerprint density at radius 2 is 0.955 bits per heavy atom. The van der Waals surface area contributed by atoms with E-state index in [0.29, 0.717) is 20.8 Å². The standard InChI is InChI=1S/C42H36N8O14S2/c1-23-5-13-36(51)30(15-23)43-45-32-21-41(64-4)35(20-38(32)53)48-50(56)28-11-9-26(42(17-28)66(60,61)62)7-6-25-8-10-27(16-24(25)2)49(55)47-34-19-39(54)33(22-40(34)63-3)46-44-31-18-29(65(57,58)59)12-14-37(31)52/h5-22,55-56H,1-4H3,(H4,47,48,53,54,57,58,59,60,61,62)/p+2/b7-6+. The maximum absolute atomic E-state index is 12.5. The van der Waals surface area contributed by atoms with Crippen molar-refractivity contribution in [2.24, 2.45) is 30.7 Å². The summed E-state index contributed by atoms with van der Waals surface area (Å²) in [5.41, 5.74) is 1.25. The van der Waals surface area contributed by atoms with Gasteiger partial charge in [-0.15, -0.1) is 20.5 Å². The lowest BCUT2D eigenvalue weighted by molar-refractivity contribution is -0.761. The summed E-state index contributed by atoms with van der Waals surface area (Å²) in [6.07, 6.45) is 2.92. The fourth-order valence-corrected chi connectivity index (χ4v) is 7.09. The summed E-state index contributed by atoms with van der Waals surface area (Å²) in [4.78, 5) is -0.350. The highest BCUT2D eigenvalue weighted by molar-refractivity contribution is 7.86. The predicted molar refractivity (Wildman–Crippen MR) is 232 cm³/mol. The Morgan fingerprint density at radius 3 is 1.44 bits per heavy atom. The SMILES string of the molecule is COc1cc(N=Nc2cc(C)ccc2O)c(O)cc1N=[N+](O)c1ccc(/C=C/c2ccc([N+](O)=Nc3cc(O)c(N=Nc4cc(S(=O)(=O)O)ccc4O)cc3OC)cc2C)c(S(=O)(=O)O)c1. The molecule has 0 atom stereocenters. The van der Waals surface area contributed by atoms with Crippen molar-refractivity contribution in [1.29, 1.82) is 0 Å². The number of phenolic OH excluding ortho intramolecular Hbond substituents is 4. The second-order valence-electron chi connectivity index (χ2n) is 13.9. The lowest BCUT2D eigenvalue weighted by Crippen LogP contribution is -2.03. The normalized spacial score (nSPS) is 12.7. The third-order valence-electron chi connectivity index (χ3n) is 9.30. The van der Waals surface area contributed by atoms with Crippen LogP contribution in [-0.2, 0) is 20.2 Å². The largest absolute Gasteiger partial charge is 0.506 e. The Morgan fingerprint density at radius 1 is 0.500 bits per heavy atom. The van der Waals surface area contributed by atoms with Gasteiger partial charge in [-0.25, -0.2) is 0 Å². The van der Waals surface area contributed by atoms with Crippen LogP contribution in [0, 0.1) is 13.8 Å². The fraction of sp³-hybridized carbons (Fsp3) is 0.0952. The van der Waals surface area contributed by atoms with E-state index in [2.05, 4.69) is 30.7 Å². The number of benzene rings is 6. The average Bonchev–Trinajstić information content (AvgIpc) is 3.26. The van der Waals surface area contributed by atoms with Crippen LogP contribution in [0.1, 0.15) is 22.3 Å². The summed E-state index contributed by atoms with van der Waals surface area (Å²) < 4.78 is 78.2. The highest BCUT2D eigenvalue weighted by atomic mass is 32.2. The number of rotatable bonds is 14. The van der Waals surface area contributed by atoms with Gasteiger partial charge in [0.1, 0.15) is 60.4 Å². The minimum Gasteiger partial charge on any atom is -0.506 e. The Labute approximate surface area is 375 Å². The van der Waals surface area contributed by atoms with Crippen LogP contribution in [-0.4, -0.2) is 80.7 Å². The Balaban J connectivity index is 1.22. The Bertz CT molecular complexity index is 3280. The minimum absolute atomic E-state index is 0.000581. The minimum atomic E-state index is -4.89. The smallest absolute Gasteiger partial charge is 0.295 e. The van der Waals surface area contributed by atoms with E-state index in [1.54, 1.807) is 32.0 Å². The number of azo groups is 4. The van der Waals surface area contributed by atoms with Crippen molar-refractivity contribution < 1.29 is 76.0 Å². The molecule has 0 aromatic heterocycles. The molecule has 8 N–H and O–H groups in total. The quantitative estimate of drug-likeness (QED) is 0.0166. The van der Waals surface area contributed by atoms with Gasteiger partial charge in [-0.05, 0) is 78.6 Å². The monoisotopic (exact) mass is 942 g/mol. The van der Waals surface area contributed by atoms with Crippen LogP contribution in [0.2, 0.25) is 0 Å². The molecule has 0 aliphatic rings. The third kappa shape index (κ3) is 11.1. The van der Waals surface area contributed by atoms with Crippen LogP contribution in [0.3, 0.4) is 0 Å². The van der Waals surface area contributed by atoms with Crippen LogP contribution in [0.5, 0.6) is 34.5 Å². The first kappa shape index (κ1) is 47.2. The van der Waals surface area contributed by atoms with E-state index in [1.807, 2.05) is 0 Å². The number of phenols is 4. The Kier molecular flexibility index (Phi) is 13.7. The predicted octanol–water partition coefficient (Wildman–Crippen LogP) is 10.3. The van der Waals surface area contributed by atoms with E-state index in [0.717, 1.165) is 42.0 Å². The van der Waals surface area contributed by atoms with Crippen molar-refractivity contribution in [2.75, 3.05) is 14.2 Å². The van der Waals surface area contributed by atoms with Crippen LogP contribution in [0.15, 0.2) is 138 Å². The molecule has 0 amide bonds. The summed E-state index contributed by atoms with van der Waals surface area (Å²) in [5, 5.41) is 86.8. The van der Waals surface area contributed by atoms with Gasteiger partial charge >= 0.3 is 0 Å². The van der Waals surface area contributed by atoms with Crippen molar-refractivity contribution in [3.05, 3.63) is 119 Å². The zero-order valence-corrected chi connectivity index (χ0v) is 36.4. The zero-order valence-electron chi connectivity index (χ0n) is 34.8. The number of methoxy groups -OCH3 is 2. The van der Waals surface area contributed by atoms with Crippen molar-refractivity contribution in [2.45, 2.75) is 23.6 Å². The molecule has 22 nitrogen and oxygen atoms in total. The molecule has 6 rings (SSSR count). The van der Waals surface area contributed by atoms with E-state index >= 15 is 0 Å². The van der Waals surface area contributed by atoms with Crippen molar-refractivity contribution >= 4 is 77.9 Å². The van der Waals surface area contributed by atoms with Gasteiger partial charge < -0.3 is 29.9 Å². The lowest BCUT2D eigenvalue weighted by Gasteiger charge is -2.06. The van der Waals surface area contributed by atoms with Crippen LogP contribution in [0.4, 0.5) is 45.5 Å². The van der Waals surface area contributed by atoms with Crippen LogP contribution in [0.25, 0.3) is 12.2 Å². The first-order chi connectivity index (χ1) is 31.1. The molecule has 0 bridgehead atoms. The molecular weight excluding hydrogens is 905 g/mol. The second-order valence-corrected chi connectivity index (χ2v) is 16.7. The molecule has 0 spiro atoms. The maximum atomic E-state index is 12.5. The van der Waals surface area contributed by atoms with Gasteiger partial charge in [-0.2, -0.15) is 16.8 Å². The van der Waals surface area contributed by atoms with E-state index in [4.69, 9.17) is 9.47 Å². The van der Waals surface area contributed by atoms with E-state index in [-0.39, 0.29) is 68.3 Å². The van der Waals surface area contributed by atoms with E-state index in [9.17, 15) is 56.8 Å². The molecule has 0 unspecified atom stereocenters. The van der Waals surface area contributed by atoms with Crippen molar-refractivity contribution in [1.82, 2.24) is 0 Å². The molecule has 0 aliphatic carbocycles. The van der Waals surface area contributed by atoms with Gasteiger partial charge in [0, 0.05) is 48.5 Å². The molecule has 6 aromatic rings. The first-order valence-electron chi connectivity index (χ1n) is 18.7. The number of nitrogens with zero attached hydrogens (tertiary/aromatic N) is 8. The third-order valence-corrected chi connectivity index (χ3v) is 11.1. The molecule has 0 saturated carbocycles. The zero-order chi connectivity index (χ0) is 48.1. The summed E-state index contributed by atoms with van der Waals surface area (Å²) in [6, 6.07) is 20.3. The summed E-state index contributed by atoms with van der Waals surface area (Å²) >= 11 is 0. The first-order valence-corrected chi connectivity index (χ1v) is 21.6. The number of aromatic hydroxyl groups is 4. The van der Waals surface area contributed by atoms with Gasteiger partial charge in [0.15, 0.2) is 22.9 Å². The topological polar surface area (TPSA) is 329 Å². The number of hydrogen-bond acceptors (Lipinski definition) is 16. The number of aryl methyl sites for hydroxylation is 2. The van der Waals surface area contributed by atoms with Gasteiger partial charge in [0.05, 0.1) is 29.3 Å². The van der Waals surface area contributed by atoms with Crippen LogP contribution >= 0.6 is 0 Å². The van der Waals surface area contributed by atoms with Gasteiger partial charge in [-0.3, -0.25) is 19.5 Å². The molecule has 0 heterocycles. The molecule has 0 saturated heterocycles. The van der Waals surface area contributed by atoms with Gasteiger partial charge in [0.2, 0.25) is 0 Å². The molecule has 24 heteroatoms. The summed E-state index contributed by atoms with van der Waals surface area (Å²) in [6.45, 7) is 3.48. The van der Waals surface area contributed by atoms with E-state index in [1.165, 1.54) is 68.8 Å². The number of ether oxygens (including phenoxy) is 2. The molecule has 340 valence electrons. The van der Waals surface area contributed by atoms with Gasteiger partial charge in [0.25, 0.3) is 31.6 Å². The molecule has 0 aliphatic heterocycles. The highest BCUT2D eigenvalue weighted by Gasteiger charge is 2.23. The fourth-order valence-electron chi connectivity index (χ4n) is 5.89. The average molecular weight is 943 g/mol.